The van der Waals surface area contributed by atoms with E-state index in [1.807, 2.05) is 13.0 Å². The van der Waals surface area contributed by atoms with Crippen LogP contribution in [0.3, 0.4) is 0 Å². The Morgan fingerprint density at radius 1 is 1.10 bits per heavy atom. The molecule has 0 radical (unpaired) electrons. The third kappa shape index (κ3) is 3.28. The molecule has 7 nitrogen and oxygen atoms in total. The molecule has 2 aromatic carbocycles. The van der Waals surface area contributed by atoms with E-state index >= 15 is 0 Å². The van der Waals surface area contributed by atoms with Crippen LogP contribution < -0.4 is 16.3 Å². The van der Waals surface area contributed by atoms with Gasteiger partial charge >= 0.3 is 5.63 Å². The topological polar surface area (TPSA) is 105 Å². The van der Waals surface area contributed by atoms with Crippen molar-refractivity contribution in [3.63, 3.8) is 0 Å². The molecule has 0 spiro atoms. The van der Waals surface area contributed by atoms with Gasteiger partial charge in [-0.3, -0.25) is 4.79 Å². The number of hydrogen-bond acceptors (Lipinski definition) is 6. The van der Waals surface area contributed by atoms with Crippen molar-refractivity contribution in [3.8, 4) is 0 Å². The third-order valence-corrected chi connectivity index (χ3v) is 5.22. The van der Waals surface area contributed by atoms with Crippen LogP contribution in [-0.4, -0.2) is 15.7 Å². The van der Waals surface area contributed by atoms with Crippen LogP contribution in [0.25, 0.3) is 21.7 Å². The first-order chi connectivity index (χ1) is 14.3. The second kappa shape index (κ2) is 7.26. The van der Waals surface area contributed by atoms with E-state index in [4.69, 9.17) is 4.42 Å². The van der Waals surface area contributed by atoms with Crippen molar-refractivity contribution in [2.24, 2.45) is 0 Å². The predicted molar refractivity (Wildman–Crippen MR) is 111 cm³/mol. The number of carbonyl (C=O) groups is 1. The van der Waals surface area contributed by atoms with Crippen LogP contribution in [-0.2, 0) is 6.54 Å². The SMILES string of the molecule is Cc1cc2oc(=O)cc(Cn3nc(C(=O)[O-])c4ccccc4c3=O)c2cc1C(C)C. The molecule has 0 amide bonds. The Labute approximate surface area is 171 Å². The molecule has 4 aromatic rings. The number of benzene rings is 2. The van der Waals surface area contributed by atoms with E-state index in [1.165, 1.54) is 12.1 Å². The minimum absolute atomic E-state index is 0.0767. The number of hydrogen-bond donors (Lipinski definition) is 0. The van der Waals surface area contributed by atoms with Gasteiger partial charge < -0.3 is 14.3 Å². The zero-order valence-corrected chi connectivity index (χ0v) is 16.8. The molecular formula is C23H19N2O5-. The summed E-state index contributed by atoms with van der Waals surface area (Å²) in [6.45, 7) is 6.00. The van der Waals surface area contributed by atoms with Gasteiger partial charge in [0.15, 0.2) is 0 Å². The van der Waals surface area contributed by atoms with Crippen molar-refractivity contribution in [1.29, 1.82) is 0 Å². The molecule has 0 bridgehead atoms. The first kappa shape index (κ1) is 19.6. The summed E-state index contributed by atoms with van der Waals surface area (Å²) in [4.78, 5) is 36.7. The number of aromatic carboxylic acids is 1. The molecule has 0 atom stereocenters. The van der Waals surface area contributed by atoms with Crippen LogP contribution >= 0.6 is 0 Å². The van der Waals surface area contributed by atoms with Gasteiger partial charge in [0.2, 0.25) is 0 Å². The lowest BCUT2D eigenvalue weighted by molar-refractivity contribution is -0.255. The molecule has 0 saturated carbocycles. The summed E-state index contributed by atoms with van der Waals surface area (Å²) in [6, 6.07) is 11.4. The van der Waals surface area contributed by atoms with E-state index in [0.717, 1.165) is 15.8 Å². The maximum atomic E-state index is 12.9. The fourth-order valence-corrected chi connectivity index (χ4v) is 3.80. The number of fused-ring (bicyclic) bond motifs is 2. The summed E-state index contributed by atoms with van der Waals surface area (Å²) in [5, 5.41) is 16.7. The minimum Gasteiger partial charge on any atom is -0.543 e. The van der Waals surface area contributed by atoms with Crippen molar-refractivity contribution >= 4 is 27.7 Å². The molecule has 0 unspecified atom stereocenters. The predicted octanol–water partition coefficient (Wildman–Crippen LogP) is 2.35. The van der Waals surface area contributed by atoms with E-state index in [1.54, 1.807) is 24.3 Å². The lowest BCUT2D eigenvalue weighted by atomic mass is 9.95. The summed E-state index contributed by atoms with van der Waals surface area (Å²) >= 11 is 0. The summed E-state index contributed by atoms with van der Waals surface area (Å²) in [7, 11) is 0. The van der Waals surface area contributed by atoms with Crippen LogP contribution in [0.5, 0.6) is 0 Å². The van der Waals surface area contributed by atoms with Gasteiger partial charge in [0.1, 0.15) is 11.3 Å². The van der Waals surface area contributed by atoms with Crippen molar-refractivity contribution in [2.45, 2.75) is 33.2 Å². The molecule has 0 N–H and O–H groups in total. The van der Waals surface area contributed by atoms with Gasteiger partial charge in [-0.15, -0.1) is 0 Å². The first-order valence-electron chi connectivity index (χ1n) is 9.54. The number of nitrogens with zero attached hydrogens (tertiary/aromatic N) is 2. The number of carboxylic acids is 1. The average Bonchev–Trinajstić information content (AvgIpc) is 2.69. The molecular weight excluding hydrogens is 384 g/mol. The summed E-state index contributed by atoms with van der Waals surface area (Å²) in [5.74, 6) is -1.23. The quantitative estimate of drug-likeness (QED) is 0.484. The molecule has 2 aromatic heterocycles. The largest absolute Gasteiger partial charge is 0.543 e. The van der Waals surface area contributed by atoms with Gasteiger partial charge in [0.05, 0.1) is 17.9 Å². The lowest BCUT2D eigenvalue weighted by Gasteiger charge is -2.14. The lowest BCUT2D eigenvalue weighted by Crippen LogP contribution is -2.31. The van der Waals surface area contributed by atoms with Gasteiger partial charge in [-0.1, -0.05) is 32.0 Å². The maximum Gasteiger partial charge on any atom is 0.336 e. The summed E-state index contributed by atoms with van der Waals surface area (Å²) in [6.07, 6.45) is 0. The molecule has 0 saturated heterocycles. The fourth-order valence-electron chi connectivity index (χ4n) is 3.80. The van der Waals surface area contributed by atoms with Gasteiger partial charge in [-0.05, 0) is 47.7 Å². The molecule has 0 aliphatic carbocycles. The molecule has 152 valence electrons. The van der Waals surface area contributed by atoms with Crippen LogP contribution in [0.2, 0.25) is 0 Å². The Kier molecular flexibility index (Phi) is 4.73. The molecule has 0 aliphatic rings. The Balaban J connectivity index is 1.97. The summed E-state index contributed by atoms with van der Waals surface area (Å²) in [5.41, 5.74) is 1.70. The Bertz CT molecular complexity index is 1430. The van der Waals surface area contributed by atoms with E-state index in [-0.39, 0.29) is 28.9 Å². The molecule has 0 fully saturated rings. The van der Waals surface area contributed by atoms with Crippen LogP contribution in [0.15, 0.2) is 56.5 Å². The highest BCUT2D eigenvalue weighted by molar-refractivity contribution is 6.00. The molecule has 4 rings (SSSR count). The molecule has 7 heteroatoms. The first-order valence-corrected chi connectivity index (χ1v) is 9.54. The molecule has 2 heterocycles. The number of carboxylic acid groups (broad SMARTS) is 1. The van der Waals surface area contributed by atoms with Gasteiger partial charge in [-0.2, -0.15) is 5.10 Å². The second-order valence-electron chi connectivity index (χ2n) is 7.59. The van der Waals surface area contributed by atoms with Gasteiger partial charge in [0, 0.05) is 16.8 Å². The van der Waals surface area contributed by atoms with Crippen molar-refractivity contribution < 1.29 is 14.3 Å². The second-order valence-corrected chi connectivity index (χ2v) is 7.59. The van der Waals surface area contributed by atoms with Gasteiger partial charge in [-0.25, -0.2) is 9.48 Å². The monoisotopic (exact) mass is 403 g/mol. The van der Waals surface area contributed by atoms with E-state index in [9.17, 15) is 19.5 Å². The minimum atomic E-state index is -1.48. The standard InChI is InChI=1S/C23H20N2O5/c1-12(2)17-10-18-14(9-20(26)30-19(18)8-13(17)3)11-25-22(27)16-7-5-4-6-15(16)21(24-25)23(28)29/h4-10,12H,11H2,1-3H3,(H,28,29)/p-1. The fraction of sp³-hybridized carbons (Fsp3) is 0.217. The summed E-state index contributed by atoms with van der Waals surface area (Å²) < 4.78 is 6.40. The van der Waals surface area contributed by atoms with Crippen LogP contribution in [0.4, 0.5) is 0 Å². The van der Waals surface area contributed by atoms with Crippen molar-refractivity contribution in [2.75, 3.05) is 0 Å². The Hall–Kier alpha value is -3.74. The highest BCUT2D eigenvalue weighted by Crippen LogP contribution is 2.27. The van der Waals surface area contributed by atoms with Crippen molar-refractivity contribution in [3.05, 3.63) is 85.6 Å². The van der Waals surface area contributed by atoms with Crippen LogP contribution in [0, 0.1) is 6.92 Å². The maximum absolute atomic E-state index is 12.9. The van der Waals surface area contributed by atoms with E-state index < -0.39 is 17.2 Å². The van der Waals surface area contributed by atoms with Crippen LogP contribution in [0.1, 0.15) is 46.9 Å². The number of rotatable bonds is 4. The normalized spacial score (nSPS) is 11.5. The number of aromatic nitrogens is 2. The highest BCUT2D eigenvalue weighted by atomic mass is 16.4. The van der Waals surface area contributed by atoms with E-state index in [2.05, 4.69) is 18.9 Å². The van der Waals surface area contributed by atoms with Crippen molar-refractivity contribution in [1.82, 2.24) is 9.78 Å². The number of carbonyl (C=O) groups excluding carboxylic acids is 1. The Morgan fingerprint density at radius 2 is 1.80 bits per heavy atom. The zero-order valence-electron chi connectivity index (χ0n) is 16.8. The highest BCUT2D eigenvalue weighted by Gasteiger charge is 2.15. The number of aryl methyl sites for hydroxylation is 1. The zero-order chi connectivity index (χ0) is 21.6. The third-order valence-electron chi connectivity index (χ3n) is 5.22. The molecule has 30 heavy (non-hydrogen) atoms. The Morgan fingerprint density at radius 3 is 2.47 bits per heavy atom. The average molecular weight is 403 g/mol. The van der Waals surface area contributed by atoms with Gasteiger partial charge in [0.25, 0.3) is 5.56 Å². The van der Waals surface area contributed by atoms with E-state index in [0.29, 0.717) is 16.5 Å². The smallest absolute Gasteiger partial charge is 0.336 e. The molecule has 0 aliphatic heterocycles.